The highest BCUT2D eigenvalue weighted by Gasteiger charge is 2.54. The molecule has 1 aliphatic heterocycles. The fraction of sp³-hybridized carbons (Fsp3) is 0.257. The molecule has 0 aliphatic carbocycles. The zero-order valence-electron chi connectivity index (χ0n) is 25.3. The maximum absolute atomic E-state index is 14.7. The average Bonchev–Trinajstić information content (AvgIpc) is 3.44. The van der Waals surface area contributed by atoms with Crippen LogP contribution in [0.5, 0.6) is 17.2 Å². The van der Waals surface area contributed by atoms with Gasteiger partial charge in [0.15, 0.2) is 23.1 Å². The van der Waals surface area contributed by atoms with Gasteiger partial charge in [0, 0.05) is 57.2 Å². The number of hydrogen-bond donors (Lipinski definition) is 2. The number of benzene rings is 4. The summed E-state index contributed by atoms with van der Waals surface area (Å²) in [5.41, 5.74) is 1.31. The smallest absolute Gasteiger partial charge is 0.252 e. The Morgan fingerprint density at radius 1 is 1.00 bits per heavy atom. The Morgan fingerprint density at radius 3 is 2.46 bits per heavy atom. The molecule has 0 aromatic heterocycles. The first-order chi connectivity index (χ1) is 22.3. The van der Waals surface area contributed by atoms with E-state index in [0.29, 0.717) is 51.4 Å². The molecular weight excluding hydrogens is 695 g/mol. The van der Waals surface area contributed by atoms with Crippen LogP contribution in [0.25, 0.3) is 0 Å². The van der Waals surface area contributed by atoms with Crippen LogP contribution in [0.4, 0.5) is 0 Å². The van der Waals surface area contributed by atoms with E-state index in [0.717, 1.165) is 15.6 Å². The standard InChI is InChI=1S/C35H33BrCl2N2O6/c1-43-30-10-5-8-24(31(30)44-2)21-39-34(42)35(20-23-7-3-4-9-28(23)36)32(27-16-13-25(37)19-29(27)38)46-33(40-35)22-11-14-26(15-12-22)45-18-6-17-41/h3-5,7-16,19,32,41H,6,17-18,20-21H2,1-2H3,(H,39,42)/t32-,35-/m1/s1. The van der Waals surface area contributed by atoms with Gasteiger partial charge >= 0.3 is 0 Å². The van der Waals surface area contributed by atoms with Crippen molar-refractivity contribution in [3.63, 3.8) is 0 Å². The van der Waals surface area contributed by atoms with Crippen molar-refractivity contribution >= 4 is 50.9 Å². The molecule has 0 saturated heterocycles. The van der Waals surface area contributed by atoms with Gasteiger partial charge in [0.25, 0.3) is 5.91 Å². The molecule has 1 aliphatic rings. The molecule has 0 spiro atoms. The fourth-order valence-corrected chi connectivity index (χ4v) is 6.26. The number of nitrogens with zero attached hydrogens (tertiary/aromatic N) is 1. The van der Waals surface area contributed by atoms with Crippen LogP contribution in [0.2, 0.25) is 10.0 Å². The second kappa shape index (κ2) is 15.2. The number of aliphatic hydroxyl groups excluding tert-OH is 1. The Labute approximate surface area is 286 Å². The summed E-state index contributed by atoms with van der Waals surface area (Å²) >= 11 is 16.7. The molecule has 5 rings (SSSR count). The lowest BCUT2D eigenvalue weighted by molar-refractivity contribution is -0.129. The van der Waals surface area contributed by atoms with Gasteiger partial charge in [-0.05, 0) is 54.1 Å². The lowest BCUT2D eigenvalue weighted by atomic mass is 9.82. The van der Waals surface area contributed by atoms with E-state index in [9.17, 15) is 4.79 Å². The van der Waals surface area contributed by atoms with Crippen LogP contribution in [-0.2, 0) is 22.5 Å². The number of methoxy groups -OCH3 is 2. The molecule has 4 aromatic carbocycles. The van der Waals surface area contributed by atoms with Crippen molar-refractivity contribution < 1.29 is 28.8 Å². The van der Waals surface area contributed by atoms with Gasteiger partial charge in [-0.1, -0.05) is 75.5 Å². The predicted octanol–water partition coefficient (Wildman–Crippen LogP) is 7.35. The Balaban J connectivity index is 1.60. The highest BCUT2D eigenvalue weighted by Crippen LogP contribution is 2.46. The molecule has 4 aromatic rings. The minimum absolute atomic E-state index is 0.0453. The van der Waals surface area contributed by atoms with Gasteiger partial charge in [-0.15, -0.1) is 0 Å². The van der Waals surface area contributed by atoms with E-state index < -0.39 is 11.6 Å². The minimum atomic E-state index is -1.49. The molecule has 0 saturated carbocycles. The van der Waals surface area contributed by atoms with Gasteiger partial charge in [-0.25, -0.2) is 4.99 Å². The molecule has 0 bridgehead atoms. The number of aliphatic imine (C=N–C) groups is 1. The lowest BCUT2D eigenvalue weighted by Gasteiger charge is -2.31. The van der Waals surface area contributed by atoms with Crippen LogP contribution in [-0.4, -0.2) is 49.9 Å². The van der Waals surface area contributed by atoms with E-state index in [1.54, 1.807) is 50.6 Å². The zero-order chi connectivity index (χ0) is 32.7. The number of halogens is 3. The molecular formula is C35H33BrCl2N2O6. The molecule has 0 fully saturated rings. The molecule has 240 valence electrons. The number of amides is 1. The molecule has 2 N–H and O–H groups in total. The Bertz CT molecular complexity index is 1720. The summed E-state index contributed by atoms with van der Waals surface area (Å²) in [6, 6.07) is 25.5. The van der Waals surface area contributed by atoms with Crippen LogP contribution >= 0.6 is 39.1 Å². The largest absolute Gasteiger partial charge is 0.494 e. The van der Waals surface area contributed by atoms with Crippen molar-refractivity contribution in [1.82, 2.24) is 5.32 Å². The Kier molecular flexibility index (Phi) is 11.1. The maximum Gasteiger partial charge on any atom is 0.252 e. The number of ether oxygens (including phenoxy) is 4. The molecule has 1 heterocycles. The van der Waals surface area contributed by atoms with E-state index in [1.165, 1.54) is 0 Å². The zero-order valence-corrected chi connectivity index (χ0v) is 28.4. The molecule has 11 heteroatoms. The van der Waals surface area contributed by atoms with E-state index in [4.69, 9.17) is 52.2 Å². The number of aliphatic hydroxyl groups is 1. The van der Waals surface area contributed by atoms with Crippen molar-refractivity contribution in [2.45, 2.75) is 31.0 Å². The quantitative estimate of drug-likeness (QED) is 0.140. The number of carbonyl (C=O) groups is 1. The topological polar surface area (TPSA) is 98.6 Å². The number of carbonyl (C=O) groups excluding carboxylic acids is 1. The van der Waals surface area contributed by atoms with Crippen LogP contribution in [0.3, 0.4) is 0 Å². The van der Waals surface area contributed by atoms with Crippen molar-refractivity contribution in [1.29, 1.82) is 0 Å². The molecule has 8 nitrogen and oxygen atoms in total. The van der Waals surface area contributed by atoms with Crippen molar-refractivity contribution in [3.8, 4) is 17.2 Å². The normalized spacial score (nSPS) is 17.2. The molecule has 0 unspecified atom stereocenters. The maximum atomic E-state index is 14.7. The van der Waals surface area contributed by atoms with Crippen LogP contribution in [0.15, 0.2) is 94.4 Å². The summed E-state index contributed by atoms with van der Waals surface area (Å²) in [5, 5.41) is 13.0. The molecule has 1 amide bonds. The summed E-state index contributed by atoms with van der Waals surface area (Å²) in [6.07, 6.45) is -0.201. The van der Waals surface area contributed by atoms with Gasteiger partial charge in [0.1, 0.15) is 5.75 Å². The first-order valence-corrected chi connectivity index (χ1v) is 16.1. The van der Waals surface area contributed by atoms with Gasteiger partial charge in [0.05, 0.1) is 20.8 Å². The predicted molar refractivity (Wildman–Crippen MR) is 182 cm³/mol. The van der Waals surface area contributed by atoms with Crippen molar-refractivity contribution in [3.05, 3.63) is 122 Å². The SMILES string of the molecule is COc1cccc(CNC(=O)[C@]2(Cc3ccccc3Br)N=C(c3ccc(OCCCO)cc3)O[C@@H]2c2ccc(Cl)cc2Cl)c1OC. The van der Waals surface area contributed by atoms with E-state index in [1.807, 2.05) is 48.5 Å². The lowest BCUT2D eigenvalue weighted by Crippen LogP contribution is -2.49. The summed E-state index contributed by atoms with van der Waals surface area (Å²) in [5.74, 6) is 1.62. The van der Waals surface area contributed by atoms with Crippen LogP contribution in [0.1, 0.15) is 34.8 Å². The molecule has 46 heavy (non-hydrogen) atoms. The first-order valence-electron chi connectivity index (χ1n) is 14.6. The van der Waals surface area contributed by atoms with E-state index in [-0.39, 0.29) is 31.4 Å². The highest BCUT2D eigenvalue weighted by molar-refractivity contribution is 9.10. The van der Waals surface area contributed by atoms with Crippen LogP contribution in [0, 0.1) is 0 Å². The number of nitrogens with one attached hydrogen (secondary N) is 1. The monoisotopic (exact) mass is 726 g/mol. The third-order valence-corrected chi connectivity index (χ3v) is 8.95. The van der Waals surface area contributed by atoms with E-state index in [2.05, 4.69) is 21.2 Å². The van der Waals surface area contributed by atoms with Crippen molar-refractivity contribution in [2.75, 3.05) is 27.4 Å². The average molecular weight is 728 g/mol. The third-order valence-electron chi connectivity index (χ3n) is 7.62. The number of hydrogen-bond acceptors (Lipinski definition) is 7. The summed E-state index contributed by atoms with van der Waals surface area (Å²) < 4.78 is 24.2. The van der Waals surface area contributed by atoms with Gasteiger partial charge < -0.3 is 29.4 Å². The second-order valence-corrected chi connectivity index (χ2v) is 12.3. The molecule has 2 atom stereocenters. The summed E-state index contributed by atoms with van der Waals surface area (Å²) in [4.78, 5) is 19.7. The summed E-state index contributed by atoms with van der Waals surface area (Å²) in [7, 11) is 3.12. The summed E-state index contributed by atoms with van der Waals surface area (Å²) in [6.45, 7) is 0.574. The van der Waals surface area contributed by atoms with Gasteiger partial charge in [-0.3, -0.25) is 4.79 Å². The molecule has 0 radical (unpaired) electrons. The minimum Gasteiger partial charge on any atom is -0.494 e. The van der Waals surface area contributed by atoms with Crippen molar-refractivity contribution in [2.24, 2.45) is 4.99 Å². The van der Waals surface area contributed by atoms with E-state index >= 15 is 0 Å². The Morgan fingerprint density at radius 2 is 1.76 bits per heavy atom. The van der Waals surface area contributed by atoms with Crippen LogP contribution < -0.4 is 19.5 Å². The third kappa shape index (κ3) is 7.28. The first kappa shape index (κ1) is 33.6. The van der Waals surface area contributed by atoms with Gasteiger partial charge in [-0.2, -0.15) is 0 Å². The number of para-hydroxylation sites is 1. The highest BCUT2D eigenvalue weighted by atomic mass is 79.9. The fourth-order valence-electron chi connectivity index (χ4n) is 5.33. The number of rotatable bonds is 13. The second-order valence-electron chi connectivity index (χ2n) is 10.6. The van der Waals surface area contributed by atoms with Gasteiger partial charge in [0.2, 0.25) is 5.90 Å². The Hall–Kier alpha value is -3.76.